The summed E-state index contributed by atoms with van der Waals surface area (Å²) in [5.74, 6) is 0.498. The highest BCUT2D eigenvalue weighted by Crippen LogP contribution is 2.36. The smallest absolute Gasteiger partial charge is 0.262 e. The van der Waals surface area contributed by atoms with Gasteiger partial charge < -0.3 is 15.2 Å². The van der Waals surface area contributed by atoms with Crippen LogP contribution in [0.15, 0.2) is 66.7 Å². The molecule has 0 aliphatic heterocycles. The number of carbonyl (C=O) groups excluding carboxylic acids is 1. The van der Waals surface area contributed by atoms with Crippen LogP contribution < -0.4 is 10.1 Å². The molecule has 1 aromatic heterocycles. The van der Waals surface area contributed by atoms with E-state index in [9.17, 15) is 9.90 Å². The molecule has 0 saturated heterocycles. The zero-order chi connectivity index (χ0) is 20.2. The Morgan fingerprint density at radius 1 is 1.10 bits per heavy atom. The summed E-state index contributed by atoms with van der Waals surface area (Å²) in [6.45, 7) is 1.99. The van der Waals surface area contributed by atoms with Gasteiger partial charge in [-0.1, -0.05) is 31.2 Å². The third-order valence-corrected chi connectivity index (χ3v) is 5.58. The molecule has 1 amide bonds. The summed E-state index contributed by atoms with van der Waals surface area (Å²) >= 11 is 1.49. The van der Waals surface area contributed by atoms with E-state index < -0.39 is 0 Å². The number of para-hydroxylation sites is 1. The van der Waals surface area contributed by atoms with E-state index in [-0.39, 0.29) is 18.3 Å². The fourth-order valence-electron chi connectivity index (χ4n) is 2.94. The van der Waals surface area contributed by atoms with Gasteiger partial charge in [-0.2, -0.15) is 0 Å². The number of phenolic OH excluding ortho intramolecular Hbond substituents is 1. The van der Waals surface area contributed by atoms with Crippen LogP contribution in [-0.2, 0) is 11.2 Å². The van der Waals surface area contributed by atoms with Gasteiger partial charge in [0, 0.05) is 5.69 Å². The van der Waals surface area contributed by atoms with Gasteiger partial charge in [0.2, 0.25) is 0 Å². The Kier molecular flexibility index (Phi) is 5.44. The molecule has 29 heavy (non-hydrogen) atoms. The lowest BCUT2D eigenvalue weighted by Crippen LogP contribution is -2.20. The fourth-order valence-corrected chi connectivity index (χ4v) is 3.93. The molecule has 4 aromatic rings. The maximum absolute atomic E-state index is 12.3. The van der Waals surface area contributed by atoms with Gasteiger partial charge in [-0.25, -0.2) is 4.98 Å². The highest BCUT2D eigenvalue weighted by atomic mass is 32.1. The van der Waals surface area contributed by atoms with E-state index in [0.717, 1.165) is 16.6 Å². The van der Waals surface area contributed by atoms with Crippen molar-refractivity contribution in [3.8, 4) is 22.1 Å². The van der Waals surface area contributed by atoms with E-state index in [4.69, 9.17) is 4.74 Å². The van der Waals surface area contributed by atoms with Gasteiger partial charge in [0.25, 0.3) is 5.91 Å². The number of amides is 1. The molecular weight excluding hydrogens is 384 g/mol. The highest BCUT2D eigenvalue weighted by molar-refractivity contribution is 7.21. The molecule has 0 aliphatic rings. The second-order valence-corrected chi connectivity index (χ2v) is 7.58. The molecule has 1 heterocycles. The van der Waals surface area contributed by atoms with Crippen LogP contribution in [0.3, 0.4) is 0 Å². The normalized spacial score (nSPS) is 10.8. The van der Waals surface area contributed by atoms with Gasteiger partial charge >= 0.3 is 0 Å². The first-order chi connectivity index (χ1) is 14.1. The summed E-state index contributed by atoms with van der Waals surface area (Å²) in [5.41, 5.74) is 3.25. The maximum atomic E-state index is 12.3. The average Bonchev–Trinajstić information content (AvgIpc) is 3.18. The number of anilines is 1. The summed E-state index contributed by atoms with van der Waals surface area (Å²) in [4.78, 5) is 16.8. The number of aryl methyl sites for hydroxylation is 1. The molecule has 6 heteroatoms. The summed E-state index contributed by atoms with van der Waals surface area (Å²) < 4.78 is 6.59. The van der Waals surface area contributed by atoms with Crippen LogP contribution in [0.25, 0.3) is 20.8 Å². The Bertz CT molecular complexity index is 1120. The predicted molar refractivity (Wildman–Crippen MR) is 117 cm³/mol. The molecule has 3 aromatic carbocycles. The molecule has 0 atom stereocenters. The Hall–Kier alpha value is -3.38. The minimum atomic E-state index is -0.273. The minimum Gasteiger partial charge on any atom is -0.507 e. The number of nitrogens with zero attached hydrogens (tertiary/aromatic N) is 1. The van der Waals surface area contributed by atoms with Crippen molar-refractivity contribution in [3.05, 3.63) is 72.3 Å². The zero-order valence-electron chi connectivity index (χ0n) is 15.9. The Balaban J connectivity index is 1.46. The second-order valence-electron chi connectivity index (χ2n) is 6.55. The molecule has 0 spiro atoms. The molecular formula is C23H20N2O3S. The summed E-state index contributed by atoms with van der Waals surface area (Å²) in [5, 5.41) is 13.8. The van der Waals surface area contributed by atoms with Crippen molar-refractivity contribution in [2.24, 2.45) is 0 Å². The van der Waals surface area contributed by atoms with E-state index in [1.165, 1.54) is 16.9 Å². The van der Waals surface area contributed by atoms with Crippen molar-refractivity contribution < 1.29 is 14.6 Å². The minimum absolute atomic E-state index is 0.0944. The predicted octanol–water partition coefficient (Wildman–Crippen LogP) is 5.25. The van der Waals surface area contributed by atoms with E-state index in [1.807, 2.05) is 48.5 Å². The van der Waals surface area contributed by atoms with E-state index in [1.54, 1.807) is 18.2 Å². The highest BCUT2D eigenvalue weighted by Gasteiger charge is 2.12. The van der Waals surface area contributed by atoms with Crippen LogP contribution in [0.1, 0.15) is 12.5 Å². The molecule has 0 saturated carbocycles. The number of carbonyl (C=O) groups is 1. The van der Waals surface area contributed by atoms with E-state index >= 15 is 0 Å². The van der Waals surface area contributed by atoms with Crippen LogP contribution in [0, 0.1) is 0 Å². The lowest BCUT2D eigenvalue weighted by Gasteiger charge is -2.09. The summed E-state index contributed by atoms with van der Waals surface area (Å²) in [7, 11) is 0. The van der Waals surface area contributed by atoms with Crippen molar-refractivity contribution >= 4 is 33.1 Å². The van der Waals surface area contributed by atoms with Crippen LogP contribution in [0.2, 0.25) is 0 Å². The van der Waals surface area contributed by atoms with E-state index in [2.05, 4.69) is 17.2 Å². The fraction of sp³-hybridized carbons (Fsp3) is 0.130. The lowest BCUT2D eigenvalue weighted by molar-refractivity contribution is -0.118. The number of hydrogen-bond donors (Lipinski definition) is 2. The van der Waals surface area contributed by atoms with Gasteiger partial charge in [0.15, 0.2) is 6.61 Å². The van der Waals surface area contributed by atoms with Crippen LogP contribution in [-0.4, -0.2) is 22.6 Å². The number of fused-ring (bicyclic) bond motifs is 1. The number of nitrogens with one attached hydrogen (secondary N) is 1. The molecule has 0 unspecified atom stereocenters. The SMILES string of the molecule is CCc1ccc(OCC(=O)Nc2ccc(O)c(-c3nc4ccccc4s3)c2)cc1. The second kappa shape index (κ2) is 8.32. The number of ether oxygens (including phenoxy) is 1. The van der Waals surface area contributed by atoms with Gasteiger partial charge in [-0.15, -0.1) is 11.3 Å². The number of rotatable bonds is 6. The first kappa shape index (κ1) is 19.0. The third kappa shape index (κ3) is 4.38. The zero-order valence-corrected chi connectivity index (χ0v) is 16.7. The Morgan fingerprint density at radius 3 is 2.66 bits per heavy atom. The van der Waals surface area contributed by atoms with Crippen LogP contribution >= 0.6 is 11.3 Å². The topological polar surface area (TPSA) is 71.5 Å². The molecule has 5 nitrogen and oxygen atoms in total. The molecule has 2 N–H and O–H groups in total. The first-order valence-corrected chi connectivity index (χ1v) is 10.1. The Labute approximate surface area is 172 Å². The van der Waals surface area contributed by atoms with Crippen molar-refractivity contribution in [2.75, 3.05) is 11.9 Å². The quantitative estimate of drug-likeness (QED) is 0.431. The third-order valence-electron chi connectivity index (χ3n) is 4.51. The standard InChI is InChI=1S/C23H20N2O3S/c1-2-15-7-10-17(11-8-15)28-14-22(27)24-16-9-12-20(26)18(13-16)23-25-19-5-3-4-6-21(19)29-23/h3-13,26H,2,14H2,1H3,(H,24,27). The van der Waals surface area contributed by atoms with Crippen molar-refractivity contribution in [3.63, 3.8) is 0 Å². The van der Waals surface area contributed by atoms with Crippen molar-refractivity contribution in [2.45, 2.75) is 13.3 Å². The molecule has 0 bridgehead atoms. The largest absolute Gasteiger partial charge is 0.507 e. The number of aromatic nitrogens is 1. The van der Waals surface area contributed by atoms with Crippen molar-refractivity contribution in [1.82, 2.24) is 4.98 Å². The monoisotopic (exact) mass is 404 g/mol. The number of hydrogen-bond acceptors (Lipinski definition) is 5. The van der Waals surface area contributed by atoms with Gasteiger partial charge in [-0.3, -0.25) is 4.79 Å². The molecule has 146 valence electrons. The summed E-state index contributed by atoms with van der Waals surface area (Å²) in [6.07, 6.45) is 0.957. The summed E-state index contributed by atoms with van der Waals surface area (Å²) in [6, 6.07) is 20.4. The van der Waals surface area contributed by atoms with Crippen molar-refractivity contribution in [1.29, 1.82) is 0 Å². The molecule has 0 fully saturated rings. The van der Waals surface area contributed by atoms with E-state index in [0.29, 0.717) is 22.0 Å². The van der Waals surface area contributed by atoms with Gasteiger partial charge in [-0.05, 0) is 54.4 Å². The molecule has 0 aliphatic carbocycles. The van der Waals surface area contributed by atoms with Gasteiger partial charge in [0.05, 0.1) is 15.8 Å². The van der Waals surface area contributed by atoms with Gasteiger partial charge in [0.1, 0.15) is 16.5 Å². The number of benzene rings is 3. The molecule has 4 rings (SSSR count). The number of phenols is 1. The average molecular weight is 404 g/mol. The first-order valence-electron chi connectivity index (χ1n) is 9.33. The maximum Gasteiger partial charge on any atom is 0.262 e. The molecule has 0 radical (unpaired) electrons. The van der Waals surface area contributed by atoms with Crippen LogP contribution in [0.5, 0.6) is 11.5 Å². The number of aromatic hydroxyl groups is 1. The lowest BCUT2D eigenvalue weighted by atomic mass is 10.2. The Morgan fingerprint density at radius 2 is 1.90 bits per heavy atom. The number of thiazole rings is 1. The van der Waals surface area contributed by atoms with Crippen LogP contribution in [0.4, 0.5) is 5.69 Å².